The first-order chi connectivity index (χ1) is 8.88. The van der Waals surface area contributed by atoms with Crippen LogP contribution < -0.4 is 5.32 Å². The van der Waals surface area contributed by atoms with E-state index in [-0.39, 0.29) is 0 Å². The summed E-state index contributed by atoms with van der Waals surface area (Å²) >= 11 is 1.74. The minimum absolute atomic E-state index is 0.345. The molecule has 1 aromatic heterocycles. The Morgan fingerprint density at radius 1 is 1.47 bits per heavy atom. The van der Waals surface area contributed by atoms with Gasteiger partial charge in [-0.3, -0.25) is 5.32 Å². The van der Waals surface area contributed by atoms with Crippen molar-refractivity contribution in [3.05, 3.63) is 23.4 Å². The highest BCUT2D eigenvalue weighted by molar-refractivity contribution is 7.99. The van der Waals surface area contributed by atoms with Crippen molar-refractivity contribution in [2.24, 2.45) is 0 Å². The maximum Gasteiger partial charge on any atom is 0.104 e. The fourth-order valence-electron chi connectivity index (χ4n) is 2.23. The van der Waals surface area contributed by atoms with Gasteiger partial charge in [-0.05, 0) is 51.4 Å². The minimum Gasteiger partial charge on any atom is -0.300 e. The van der Waals surface area contributed by atoms with Gasteiger partial charge in [-0.2, -0.15) is 5.26 Å². The molecule has 4 heteroatoms. The molecule has 0 bridgehead atoms. The number of hydrogen-bond acceptors (Lipinski definition) is 4. The third-order valence-electron chi connectivity index (χ3n) is 2.91. The quantitative estimate of drug-likeness (QED) is 0.809. The first-order valence-corrected chi connectivity index (χ1v) is 7.54. The van der Waals surface area contributed by atoms with Crippen LogP contribution in [0.15, 0.2) is 17.2 Å². The summed E-state index contributed by atoms with van der Waals surface area (Å²) in [5.74, 6) is 0. The van der Waals surface area contributed by atoms with Crippen molar-refractivity contribution in [3.8, 4) is 6.07 Å². The summed E-state index contributed by atoms with van der Waals surface area (Å²) in [7, 11) is 0. The van der Waals surface area contributed by atoms with Gasteiger partial charge >= 0.3 is 0 Å². The summed E-state index contributed by atoms with van der Waals surface area (Å²) in [4.78, 5) is 4.54. The lowest BCUT2D eigenvalue weighted by Gasteiger charge is -2.25. The lowest BCUT2D eigenvalue weighted by Crippen LogP contribution is -2.42. The Hall–Kier alpha value is -1.05. The predicted molar refractivity (Wildman–Crippen MR) is 81.3 cm³/mol. The second kappa shape index (κ2) is 6.93. The molecule has 2 unspecified atom stereocenters. The smallest absolute Gasteiger partial charge is 0.104 e. The number of nitrogens with one attached hydrogen (secondary N) is 1. The Labute approximate surface area is 120 Å². The number of nitrogens with zero attached hydrogens (tertiary/aromatic N) is 2. The lowest BCUT2D eigenvalue weighted by molar-refractivity contribution is 0.429. The normalized spacial score (nSPS) is 15.6. The van der Waals surface area contributed by atoms with E-state index >= 15 is 0 Å². The maximum atomic E-state index is 9.28. The molecule has 104 valence electrons. The molecule has 0 aliphatic heterocycles. The largest absolute Gasteiger partial charge is 0.300 e. The van der Waals surface area contributed by atoms with Crippen LogP contribution in [0.3, 0.4) is 0 Å². The van der Waals surface area contributed by atoms with E-state index in [1.165, 1.54) is 5.56 Å². The van der Waals surface area contributed by atoms with Gasteiger partial charge in [0.05, 0.1) is 11.1 Å². The van der Waals surface area contributed by atoms with Crippen LogP contribution in [0.1, 0.15) is 38.4 Å². The van der Waals surface area contributed by atoms with Gasteiger partial charge in [0, 0.05) is 10.9 Å². The van der Waals surface area contributed by atoms with Crippen LogP contribution in [0.4, 0.5) is 0 Å². The average molecular weight is 277 g/mol. The summed E-state index contributed by atoms with van der Waals surface area (Å²) in [5, 5.41) is 13.9. The predicted octanol–water partition coefficient (Wildman–Crippen LogP) is 3.46. The molecule has 0 aliphatic carbocycles. The second-order valence-electron chi connectivity index (χ2n) is 5.23. The van der Waals surface area contributed by atoms with Crippen LogP contribution in [-0.4, -0.2) is 22.3 Å². The highest BCUT2D eigenvalue weighted by Gasteiger charge is 2.25. The van der Waals surface area contributed by atoms with Crippen LogP contribution >= 0.6 is 11.8 Å². The van der Waals surface area contributed by atoms with Crippen LogP contribution in [0.25, 0.3) is 0 Å². The third-order valence-corrected chi connectivity index (χ3v) is 3.93. The summed E-state index contributed by atoms with van der Waals surface area (Å²) in [5.41, 5.74) is 1.82. The zero-order valence-corrected chi connectivity index (χ0v) is 13.3. The highest BCUT2D eigenvalue weighted by Crippen LogP contribution is 2.28. The first kappa shape index (κ1) is 16.0. The highest BCUT2D eigenvalue weighted by atomic mass is 32.2. The molecule has 0 amide bonds. The molecule has 0 saturated heterocycles. The summed E-state index contributed by atoms with van der Waals surface area (Å²) in [6.07, 6.45) is 0.802. The molecule has 0 fully saturated rings. The fourth-order valence-corrected chi connectivity index (χ4v) is 3.51. The number of rotatable bonds is 6. The van der Waals surface area contributed by atoms with Crippen LogP contribution in [0.2, 0.25) is 0 Å². The van der Waals surface area contributed by atoms with Crippen molar-refractivity contribution >= 4 is 11.8 Å². The number of nitriles is 1. The zero-order valence-electron chi connectivity index (χ0n) is 12.4. The van der Waals surface area contributed by atoms with Gasteiger partial charge in [0.15, 0.2) is 0 Å². The Kier molecular flexibility index (Phi) is 5.84. The van der Waals surface area contributed by atoms with Crippen molar-refractivity contribution < 1.29 is 0 Å². The number of aromatic nitrogens is 1. The van der Waals surface area contributed by atoms with Gasteiger partial charge in [-0.1, -0.05) is 13.8 Å². The molecular formula is C15H23N3S. The SMILES string of the molecule is CCNC(C)(C#N)CC(C)Sc1cc(C)cc(C)n1. The van der Waals surface area contributed by atoms with E-state index in [1.54, 1.807) is 11.8 Å². The van der Waals surface area contributed by atoms with Crippen LogP contribution in [-0.2, 0) is 0 Å². The maximum absolute atomic E-state index is 9.28. The lowest BCUT2D eigenvalue weighted by atomic mass is 9.98. The summed E-state index contributed by atoms with van der Waals surface area (Å²) < 4.78 is 0. The molecule has 1 rings (SSSR count). The molecule has 3 nitrogen and oxygen atoms in total. The molecule has 1 heterocycles. The van der Waals surface area contributed by atoms with Gasteiger partial charge in [0.2, 0.25) is 0 Å². The second-order valence-corrected chi connectivity index (χ2v) is 6.69. The molecule has 0 aliphatic rings. The number of hydrogen-bond donors (Lipinski definition) is 1. The van der Waals surface area contributed by atoms with Crippen molar-refractivity contribution in [3.63, 3.8) is 0 Å². The van der Waals surface area contributed by atoms with Crippen LogP contribution in [0.5, 0.6) is 0 Å². The van der Waals surface area contributed by atoms with E-state index in [2.05, 4.69) is 42.4 Å². The number of thioether (sulfide) groups is 1. The molecular weight excluding hydrogens is 254 g/mol. The Morgan fingerprint density at radius 3 is 2.68 bits per heavy atom. The Balaban J connectivity index is 2.69. The zero-order chi connectivity index (χ0) is 14.5. The van der Waals surface area contributed by atoms with E-state index in [0.29, 0.717) is 5.25 Å². The topological polar surface area (TPSA) is 48.7 Å². The number of aryl methyl sites for hydroxylation is 2. The van der Waals surface area contributed by atoms with Crippen molar-refractivity contribution in [1.82, 2.24) is 10.3 Å². The monoisotopic (exact) mass is 277 g/mol. The van der Waals surface area contributed by atoms with E-state index in [4.69, 9.17) is 0 Å². The van der Waals surface area contributed by atoms with Crippen molar-refractivity contribution in [2.45, 2.75) is 56.9 Å². The average Bonchev–Trinajstić information content (AvgIpc) is 2.27. The summed E-state index contributed by atoms with van der Waals surface area (Å²) in [6.45, 7) is 11.0. The standard InChI is InChI=1S/C15H23N3S/c1-6-17-15(5,10-16)9-13(4)19-14-8-11(2)7-12(3)18-14/h7-8,13,17H,6,9H2,1-5H3. The Morgan fingerprint density at radius 2 is 2.16 bits per heavy atom. The van der Waals surface area contributed by atoms with Crippen molar-refractivity contribution in [1.29, 1.82) is 5.26 Å². The Bertz CT molecular complexity index is 447. The van der Waals surface area contributed by atoms with Gasteiger partial charge in [-0.25, -0.2) is 4.98 Å². The third kappa shape index (κ3) is 5.22. The molecule has 2 atom stereocenters. The molecule has 0 saturated carbocycles. The number of pyridine rings is 1. The molecule has 0 spiro atoms. The van der Waals surface area contributed by atoms with Crippen molar-refractivity contribution in [2.75, 3.05) is 6.54 Å². The molecule has 19 heavy (non-hydrogen) atoms. The molecule has 0 aromatic carbocycles. The summed E-state index contributed by atoms with van der Waals surface area (Å²) in [6, 6.07) is 6.55. The van der Waals surface area contributed by atoms with E-state index in [9.17, 15) is 5.26 Å². The van der Waals surface area contributed by atoms with E-state index < -0.39 is 5.54 Å². The molecule has 0 radical (unpaired) electrons. The van der Waals surface area contributed by atoms with Gasteiger partial charge in [0.25, 0.3) is 0 Å². The van der Waals surface area contributed by atoms with Crippen LogP contribution in [0, 0.1) is 25.2 Å². The van der Waals surface area contributed by atoms with Gasteiger partial charge < -0.3 is 0 Å². The van der Waals surface area contributed by atoms with E-state index in [0.717, 1.165) is 23.7 Å². The molecule has 1 aromatic rings. The first-order valence-electron chi connectivity index (χ1n) is 6.67. The van der Waals surface area contributed by atoms with Gasteiger partial charge in [-0.15, -0.1) is 11.8 Å². The molecule has 1 N–H and O–H groups in total. The minimum atomic E-state index is -0.458. The van der Waals surface area contributed by atoms with Gasteiger partial charge in [0.1, 0.15) is 5.54 Å². The van der Waals surface area contributed by atoms with E-state index in [1.807, 2.05) is 20.8 Å². The fraction of sp³-hybridized carbons (Fsp3) is 0.600.